The Labute approximate surface area is 121 Å². The van der Waals surface area contributed by atoms with E-state index in [-0.39, 0.29) is 34.3 Å². The van der Waals surface area contributed by atoms with Crippen LogP contribution in [0.4, 0.5) is 0 Å². The molecule has 2 aromatic rings. The van der Waals surface area contributed by atoms with Crippen LogP contribution in [0.2, 0.25) is 0 Å². The first-order valence-electron chi connectivity index (χ1n) is 6.53. The number of carbonyl (C=O) groups excluding carboxylic acids is 1. The van der Waals surface area contributed by atoms with Gasteiger partial charge < -0.3 is 20.1 Å². The SMILES string of the molecule is C[C@H]1C(=O)c2c(O)cc(O)cc2O[C@H]1c1ccc(O)cc1. The Hall–Kier alpha value is -2.69. The summed E-state index contributed by atoms with van der Waals surface area (Å²) in [5.74, 6) is -0.897. The smallest absolute Gasteiger partial charge is 0.177 e. The van der Waals surface area contributed by atoms with Crippen molar-refractivity contribution >= 4 is 5.78 Å². The number of fused-ring (bicyclic) bond motifs is 1. The van der Waals surface area contributed by atoms with Crippen molar-refractivity contribution in [1.82, 2.24) is 0 Å². The standard InChI is InChI=1S/C16H14O5/c1-8-15(20)14-12(19)6-11(18)7-13(14)21-16(8)9-2-4-10(17)5-3-9/h2-8,16-19H,1H3/t8-,16+/m0/s1. The molecule has 1 aliphatic rings. The lowest BCUT2D eigenvalue weighted by Gasteiger charge is -2.31. The van der Waals surface area contributed by atoms with Gasteiger partial charge in [-0.25, -0.2) is 0 Å². The molecule has 5 nitrogen and oxygen atoms in total. The normalized spacial score (nSPS) is 20.7. The van der Waals surface area contributed by atoms with E-state index in [0.717, 1.165) is 11.6 Å². The number of carbonyl (C=O) groups is 1. The van der Waals surface area contributed by atoms with Gasteiger partial charge >= 0.3 is 0 Å². The topological polar surface area (TPSA) is 87.0 Å². The Kier molecular flexibility index (Phi) is 2.97. The Balaban J connectivity index is 2.07. The number of benzene rings is 2. The number of hydrogen-bond acceptors (Lipinski definition) is 5. The second-order valence-corrected chi connectivity index (χ2v) is 5.12. The summed E-state index contributed by atoms with van der Waals surface area (Å²) in [7, 11) is 0. The predicted molar refractivity (Wildman–Crippen MR) is 74.7 cm³/mol. The molecule has 0 amide bonds. The van der Waals surface area contributed by atoms with Crippen molar-refractivity contribution in [1.29, 1.82) is 0 Å². The average molecular weight is 286 g/mol. The molecule has 5 heteroatoms. The van der Waals surface area contributed by atoms with Crippen LogP contribution in [0.3, 0.4) is 0 Å². The number of phenols is 3. The molecule has 3 N–H and O–H groups in total. The zero-order chi connectivity index (χ0) is 15.1. The maximum absolute atomic E-state index is 12.4. The summed E-state index contributed by atoms with van der Waals surface area (Å²) in [5.41, 5.74) is 0.831. The lowest BCUT2D eigenvalue weighted by Crippen LogP contribution is -2.29. The van der Waals surface area contributed by atoms with Gasteiger partial charge in [-0.05, 0) is 17.7 Å². The van der Waals surface area contributed by atoms with Crippen molar-refractivity contribution < 1.29 is 24.9 Å². The quantitative estimate of drug-likeness (QED) is 0.750. The first-order chi connectivity index (χ1) is 9.97. The van der Waals surface area contributed by atoms with Crippen LogP contribution in [-0.2, 0) is 0 Å². The van der Waals surface area contributed by atoms with Gasteiger partial charge in [-0.1, -0.05) is 19.1 Å². The molecule has 0 bridgehead atoms. The molecule has 0 saturated carbocycles. The molecular weight excluding hydrogens is 272 g/mol. The summed E-state index contributed by atoms with van der Waals surface area (Å²) in [4.78, 5) is 12.4. The van der Waals surface area contributed by atoms with Gasteiger partial charge in [0.2, 0.25) is 0 Å². The Morgan fingerprint density at radius 1 is 1.00 bits per heavy atom. The number of Topliss-reactive ketones (excluding diaryl/α,β-unsaturated/α-hetero) is 1. The molecule has 0 saturated heterocycles. The summed E-state index contributed by atoms with van der Waals surface area (Å²) in [5, 5.41) is 28.7. The molecule has 108 valence electrons. The van der Waals surface area contributed by atoms with E-state index in [4.69, 9.17) is 4.74 Å². The summed E-state index contributed by atoms with van der Waals surface area (Å²) < 4.78 is 5.78. The van der Waals surface area contributed by atoms with Crippen molar-refractivity contribution in [3.05, 3.63) is 47.5 Å². The minimum Gasteiger partial charge on any atom is -0.508 e. The first-order valence-corrected chi connectivity index (χ1v) is 6.53. The fourth-order valence-electron chi connectivity index (χ4n) is 2.55. The van der Waals surface area contributed by atoms with Crippen LogP contribution < -0.4 is 4.74 Å². The Bertz CT molecular complexity index is 705. The van der Waals surface area contributed by atoms with Gasteiger partial charge in [-0.15, -0.1) is 0 Å². The number of rotatable bonds is 1. The third kappa shape index (κ3) is 2.16. The minimum absolute atomic E-state index is 0.0929. The Morgan fingerprint density at radius 3 is 2.33 bits per heavy atom. The van der Waals surface area contributed by atoms with Gasteiger partial charge in [0.1, 0.15) is 34.7 Å². The van der Waals surface area contributed by atoms with Gasteiger partial charge in [-0.3, -0.25) is 4.79 Å². The molecule has 0 spiro atoms. The molecule has 0 aliphatic carbocycles. The van der Waals surface area contributed by atoms with Crippen LogP contribution in [0.5, 0.6) is 23.0 Å². The second kappa shape index (κ2) is 4.70. The number of hydrogen-bond donors (Lipinski definition) is 3. The number of aromatic hydroxyl groups is 3. The largest absolute Gasteiger partial charge is 0.508 e. The van der Waals surface area contributed by atoms with Crippen LogP contribution in [0.25, 0.3) is 0 Å². The summed E-state index contributed by atoms with van der Waals surface area (Å²) in [6.07, 6.45) is -0.535. The minimum atomic E-state index is -0.535. The highest BCUT2D eigenvalue weighted by atomic mass is 16.5. The van der Waals surface area contributed by atoms with E-state index in [1.54, 1.807) is 19.1 Å². The van der Waals surface area contributed by atoms with Gasteiger partial charge in [0.25, 0.3) is 0 Å². The lowest BCUT2D eigenvalue weighted by atomic mass is 9.86. The molecular formula is C16H14O5. The number of phenolic OH excluding ortho intramolecular Hbond substituents is 3. The molecule has 0 unspecified atom stereocenters. The lowest BCUT2D eigenvalue weighted by molar-refractivity contribution is 0.0684. The molecule has 21 heavy (non-hydrogen) atoms. The molecule has 0 radical (unpaired) electrons. The van der Waals surface area contributed by atoms with Crippen molar-refractivity contribution in [3.63, 3.8) is 0 Å². The maximum Gasteiger partial charge on any atom is 0.177 e. The number of ether oxygens (including phenoxy) is 1. The third-order valence-corrected chi connectivity index (χ3v) is 3.66. The van der Waals surface area contributed by atoms with Crippen LogP contribution >= 0.6 is 0 Å². The molecule has 2 aromatic carbocycles. The summed E-state index contributed by atoms with van der Waals surface area (Å²) in [6.45, 7) is 1.72. The third-order valence-electron chi connectivity index (χ3n) is 3.66. The average Bonchev–Trinajstić information content (AvgIpc) is 2.43. The Morgan fingerprint density at radius 2 is 1.67 bits per heavy atom. The van der Waals surface area contributed by atoms with E-state index < -0.39 is 12.0 Å². The molecule has 1 aliphatic heterocycles. The highest BCUT2D eigenvalue weighted by Crippen LogP contribution is 2.44. The highest BCUT2D eigenvalue weighted by molar-refractivity contribution is 6.04. The van der Waals surface area contributed by atoms with Gasteiger partial charge in [0, 0.05) is 12.1 Å². The van der Waals surface area contributed by atoms with E-state index in [9.17, 15) is 20.1 Å². The van der Waals surface area contributed by atoms with Crippen molar-refractivity contribution in [3.8, 4) is 23.0 Å². The van der Waals surface area contributed by atoms with Crippen LogP contribution in [0, 0.1) is 5.92 Å². The zero-order valence-corrected chi connectivity index (χ0v) is 11.3. The van der Waals surface area contributed by atoms with E-state index >= 15 is 0 Å². The van der Waals surface area contributed by atoms with Crippen LogP contribution in [0.15, 0.2) is 36.4 Å². The number of ketones is 1. The van der Waals surface area contributed by atoms with E-state index in [1.165, 1.54) is 18.2 Å². The molecule has 1 heterocycles. The van der Waals surface area contributed by atoms with Crippen LogP contribution in [0.1, 0.15) is 28.9 Å². The first kappa shape index (κ1) is 13.3. The molecule has 0 fully saturated rings. The van der Waals surface area contributed by atoms with Gasteiger partial charge in [0.05, 0.1) is 5.92 Å². The molecule has 3 rings (SSSR count). The fourth-order valence-corrected chi connectivity index (χ4v) is 2.55. The van der Waals surface area contributed by atoms with E-state index in [2.05, 4.69) is 0 Å². The zero-order valence-electron chi connectivity index (χ0n) is 11.3. The molecule has 0 aromatic heterocycles. The second-order valence-electron chi connectivity index (χ2n) is 5.12. The fraction of sp³-hybridized carbons (Fsp3) is 0.188. The monoisotopic (exact) mass is 286 g/mol. The molecule has 2 atom stereocenters. The van der Waals surface area contributed by atoms with E-state index in [1.807, 2.05) is 0 Å². The summed E-state index contributed by atoms with van der Waals surface area (Å²) >= 11 is 0. The maximum atomic E-state index is 12.4. The highest BCUT2D eigenvalue weighted by Gasteiger charge is 2.37. The predicted octanol–water partition coefficient (Wildman–Crippen LogP) is 2.76. The van der Waals surface area contributed by atoms with Crippen molar-refractivity contribution in [2.75, 3.05) is 0 Å². The van der Waals surface area contributed by atoms with Gasteiger partial charge in [0.15, 0.2) is 5.78 Å². The summed E-state index contributed by atoms with van der Waals surface area (Å²) in [6, 6.07) is 8.82. The van der Waals surface area contributed by atoms with Crippen molar-refractivity contribution in [2.45, 2.75) is 13.0 Å². The van der Waals surface area contributed by atoms with Gasteiger partial charge in [-0.2, -0.15) is 0 Å². The van der Waals surface area contributed by atoms with Crippen LogP contribution in [-0.4, -0.2) is 21.1 Å². The van der Waals surface area contributed by atoms with Crippen molar-refractivity contribution in [2.24, 2.45) is 5.92 Å². The van der Waals surface area contributed by atoms with E-state index in [0.29, 0.717) is 0 Å².